The van der Waals surface area contributed by atoms with Gasteiger partial charge in [0, 0.05) is 44.5 Å². The topological polar surface area (TPSA) is 142 Å². The van der Waals surface area contributed by atoms with Gasteiger partial charge in [-0.25, -0.2) is 19.2 Å². The van der Waals surface area contributed by atoms with Gasteiger partial charge in [-0.05, 0) is 138 Å². The highest BCUT2D eigenvalue weighted by molar-refractivity contribution is 6.13. The van der Waals surface area contributed by atoms with Gasteiger partial charge in [0.1, 0.15) is 49.4 Å². The predicted molar refractivity (Wildman–Crippen MR) is 340 cm³/mol. The van der Waals surface area contributed by atoms with Crippen LogP contribution in [-0.2, 0) is 45.4 Å². The van der Waals surface area contributed by atoms with E-state index in [1.54, 1.807) is 77.0 Å². The second kappa shape index (κ2) is 24.0. The van der Waals surface area contributed by atoms with E-state index in [0.29, 0.717) is 89.8 Å². The molecule has 0 saturated carbocycles. The van der Waals surface area contributed by atoms with Crippen LogP contribution in [0.25, 0.3) is 87.6 Å². The summed E-state index contributed by atoms with van der Waals surface area (Å²) in [5.41, 5.74) is 9.94. The zero-order chi connectivity index (χ0) is 60.4. The lowest BCUT2D eigenvalue weighted by Gasteiger charge is -2.22. The molecule has 0 N–H and O–H groups in total. The lowest BCUT2D eigenvalue weighted by Crippen LogP contribution is -2.08. The lowest BCUT2D eigenvalue weighted by molar-refractivity contribution is 0.0461. The predicted octanol–water partition coefficient (Wildman–Crippen LogP) is 16.7. The van der Waals surface area contributed by atoms with Crippen molar-refractivity contribution in [3.8, 4) is 67.5 Å². The normalized spacial score (nSPS) is 13.0. The highest BCUT2D eigenvalue weighted by Gasteiger charge is 2.28. The van der Waals surface area contributed by atoms with Crippen LogP contribution in [-0.4, -0.2) is 52.3 Å². The Labute approximate surface area is 506 Å². The van der Waals surface area contributed by atoms with Crippen LogP contribution in [0.2, 0.25) is 0 Å². The maximum absolute atomic E-state index is 13.9. The molecular weight excluding hydrogens is 1100 g/mol. The van der Waals surface area contributed by atoms with Crippen LogP contribution in [0.15, 0.2) is 218 Å². The highest BCUT2D eigenvalue weighted by atomic mass is 16.5. The van der Waals surface area contributed by atoms with E-state index in [9.17, 15) is 19.2 Å². The van der Waals surface area contributed by atoms with Crippen LogP contribution >= 0.6 is 0 Å². The maximum Gasteiger partial charge on any atom is 0.338 e. The molecule has 12 nitrogen and oxygen atoms in total. The van der Waals surface area contributed by atoms with E-state index in [1.165, 1.54) is 0 Å². The molecule has 0 amide bonds. The van der Waals surface area contributed by atoms with Crippen molar-refractivity contribution < 1.29 is 57.1 Å². The Bertz CT molecular complexity index is 4120. The van der Waals surface area contributed by atoms with Crippen molar-refractivity contribution in [2.45, 2.75) is 26.4 Å². The molecule has 0 aromatic heterocycles. The highest BCUT2D eigenvalue weighted by Crippen LogP contribution is 2.51. The quantitative estimate of drug-likeness (QED) is 0.122. The van der Waals surface area contributed by atoms with E-state index < -0.39 is 23.9 Å². The van der Waals surface area contributed by atoms with Crippen LogP contribution in [0.1, 0.15) is 63.7 Å². The van der Waals surface area contributed by atoms with Crippen molar-refractivity contribution in [3.63, 3.8) is 0 Å². The van der Waals surface area contributed by atoms with E-state index >= 15 is 0 Å². The number of methoxy groups -OCH3 is 4. The van der Waals surface area contributed by atoms with Crippen LogP contribution in [0.4, 0.5) is 0 Å². The molecular formula is C76H56O12. The van der Waals surface area contributed by atoms with Crippen molar-refractivity contribution in [1.29, 1.82) is 0 Å². The Morgan fingerprint density at radius 3 is 0.625 bits per heavy atom. The summed E-state index contributed by atoms with van der Waals surface area (Å²) in [4.78, 5) is 55.7. The van der Waals surface area contributed by atoms with E-state index in [2.05, 4.69) is 0 Å². The fourth-order valence-electron chi connectivity index (χ4n) is 12.0. The molecule has 12 aromatic rings. The number of carbonyl (C=O) groups is 4. The van der Waals surface area contributed by atoms with Crippen molar-refractivity contribution in [3.05, 3.63) is 263 Å². The van der Waals surface area contributed by atoms with E-state index in [-0.39, 0.29) is 26.4 Å². The maximum atomic E-state index is 13.9. The largest absolute Gasteiger partial charge is 0.496 e. The molecule has 432 valence electrons. The standard InChI is InChI=1S/C76H56O12/c1-81-69-57-37-53-13-5-9-17-61(53)65(69)66-62-18-10-6-14-54(62)38-58(70(66)82-2)42-86-74(78)50-31-23-47(24-32-50)48-27-35-52(36-28-48)76(80)88-44-60-40-56-16-8-12-20-64(56)68(72(60)84-4)67-63-19-11-7-15-55(63)39-59(71(67)83-3)43-87-75(79)51-33-25-46(26-34-51)45-21-29-49(30-22-45)73(77)85-41-57/h5-40H,41-44H2,1-4H3. The van der Waals surface area contributed by atoms with E-state index in [4.69, 9.17) is 37.9 Å². The van der Waals surface area contributed by atoms with Crippen molar-refractivity contribution in [2.75, 3.05) is 28.4 Å². The summed E-state index contributed by atoms with van der Waals surface area (Å²) in [5, 5.41) is 6.95. The van der Waals surface area contributed by atoms with Crippen LogP contribution < -0.4 is 18.9 Å². The minimum absolute atomic E-state index is 0.121. The first-order valence-corrected chi connectivity index (χ1v) is 28.6. The van der Waals surface area contributed by atoms with Crippen LogP contribution in [0, 0.1) is 0 Å². The molecule has 0 unspecified atom stereocenters. The number of esters is 4. The Kier molecular flexibility index (Phi) is 15.3. The minimum Gasteiger partial charge on any atom is -0.496 e. The van der Waals surface area contributed by atoms with Gasteiger partial charge in [0.15, 0.2) is 0 Å². The summed E-state index contributed by atoms with van der Waals surface area (Å²) in [6.45, 7) is -0.484. The number of hydrogen-bond acceptors (Lipinski definition) is 12. The molecule has 12 heteroatoms. The fraction of sp³-hybridized carbons (Fsp3) is 0.105. The van der Waals surface area contributed by atoms with Gasteiger partial charge in [0.05, 0.1) is 50.7 Å². The van der Waals surface area contributed by atoms with Crippen LogP contribution in [0.5, 0.6) is 23.0 Å². The summed E-state index contributed by atoms with van der Waals surface area (Å²) in [6.07, 6.45) is 0. The lowest BCUT2D eigenvalue weighted by atomic mass is 9.89. The molecule has 7 aliphatic rings. The van der Waals surface area contributed by atoms with Gasteiger partial charge in [-0.3, -0.25) is 0 Å². The van der Waals surface area contributed by atoms with Crippen molar-refractivity contribution in [2.24, 2.45) is 0 Å². The Balaban J connectivity index is 0.874. The summed E-state index contributed by atoms with van der Waals surface area (Å²) in [6, 6.07) is 67.7. The Morgan fingerprint density at radius 1 is 0.250 bits per heavy atom. The average molecular weight is 1160 g/mol. The number of rotatable bonds is 4. The Hall–Kier alpha value is -11.2. The summed E-state index contributed by atoms with van der Waals surface area (Å²) >= 11 is 0. The first-order chi connectivity index (χ1) is 43.1. The first-order valence-electron chi connectivity index (χ1n) is 28.6. The molecule has 12 aromatic carbocycles. The Morgan fingerprint density at radius 2 is 0.432 bits per heavy atom. The van der Waals surface area contributed by atoms with Gasteiger partial charge < -0.3 is 37.9 Å². The molecule has 0 atom stereocenters. The third kappa shape index (κ3) is 10.5. The summed E-state index contributed by atoms with van der Waals surface area (Å²) < 4.78 is 49.4. The molecule has 0 fully saturated rings. The van der Waals surface area contributed by atoms with Crippen molar-refractivity contribution >= 4 is 67.0 Å². The smallest absolute Gasteiger partial charge is 0.338 e. The number of fused-ring (bicyclic) bond motifs is 4. The fourth-order valence-corrected chi connectivity index (χ4v) is 12.0. The van der Waals surface area contributed by atoms with Crippen LogP contribution in [0.3, 0.4) is 0 Å². The minimum atomic E-state index is -0.537. The SMILES string of the molecule is COc1c2cc3ccccc3c1-c1c(OC)c(cc3ccccc13)COC(=O)c1ccc(cc1)-c1ccc(cc1)C(=O)OCc1cc3ccccc3c(c1OC)-c1c(OC)c(cc3ccccc13)COC(=O)c1ccc(cc1)-c1ccc(cc1)C(=O)OC2. The number of carbonyl (C=O) groups excluding carboxylic acids is 4. The molecule has 7 aliphatic heterocycles. The van der Waals surface area contributed by atoms with Crippen molar-refractivity contribution in [1.82, 2.24) is 0 Å². The average Bonchev–Trinajstić information content (AvgIpc) is 0.881. The van der Waals surface area contributed by atoms with E-state index in [0.717, 1.165) is 65.3 Å². The van der Waals surface area contributed by atoms with Gasteiger partial charge in [-0.15, -0.1) is 0 Å². The van der Waals surface area contributed by atoms with E-state index in [1.807, 2.05) is 170 Å². The monoisotopic (exact) mass is 1160 g/mol. The number of benzene rings is 12. The second-order valence-electron chi connectivity index (χ2n) is 21.3. The summed E-state index contributed by atoms with van der Waals surface area (Å²) in [5.74, 6) is -0.224. The molecule has 0 aliphatic carbocycles. The third-order valence-corrected chi connectivity index (χ3v) is 16.2. The molecule has 19 rings (SSSR count). The molecule has 0 radical (unpaired) electrons. The molecule has 0 saturated heterocycles. The first kappa shape index (κ1) is 55.9. The molecule has 16 bridgehead atoms. The zero-order valence-electron chi connectivity index (χ0n) is 48.5. The zero-order valence-corrected chi connectivity index (χ0v) is 48.5. The number of ether oxygens (including phenoxy) is 8. The third-order valence-electron chi connectivity index (χ3n) is 16.2. The molecule has 7 heterocycles. The van der Waals surface area contributed by atoms with Gasteiger partial charge >= 0.3 is 23.9 Å². The summed E-state index contributed by atoms with van der Waals surface area (Å²) in [7, 11) is 6.34. The van der Waals surface area contributed by atoms with Gasteiger partial charge in [-0.1, -0.05) is 146 Å². The van der Waals surface area contributed by atoms with Gasteiger partial charge in [0.25, 0.3) is 0 Å². The molecule has 0 spiro atoms. The number of hydrogen-bond donors (Lipinski definition) is 0. The second-order valence-corrected chi connectivity index (χ2v) is 21.3. The van der Waals surface area contributed by atoms with Gasteiger partial charge in [0.2, 0.25) is 0 Å². The van der Waals surface area contributed by atoms with Gasteiger partial charge in [-0.2, -0.15) is 0 Å². The molecule has 88 heavy (non-hydrogen) atoms.